The molecular weight excluding hydrogens is 434 g/mol. The number of thiazole rings is 1. The van der Waals surface area contributed by atoms with Crippen LogP contribution in [0.3, 0.4) is 0 Å². The summed E-state index contributed by atoms with van der Waals surface area (Å²) >= 11 is 6.68. The number of hydrogen-bond acceptors (Lipinski definition) is 7. The number of nitrogens with one attached hydrogen (secondary N) is 1. The fourth-order valence-corrected chi connectivity index (χ4v) is 4.25. The van der Waals surface area contributed by atoms with E-state index < -0.39 is 33.0 Å². The van der Waals surface area contributed by atoms with Crippen molar-refractivity contribution in [2.45, 2.75) is 4.90 Å². The summed E-state index contributed by atoms with van der Waals surface area (Å²) in [4.78, 5) is 16.0. The van der Waals surface area contributed by atoms with Crippen LogP contribution in [-0.4, -0.2) is 19.2 Å². The maximum atomic E-state index is 13.8. The summed E-state index contributed by atoms with van der Waals surface area (Å²) < 4.78 is 50.5. The number of aromatic nitrogens is 1. The molecule has 0 bridgehead atoms. The Kier molecular flexibility index (Phi) is 5.35. The number of carbonyl (C=O) groups is 1. The van der Waals surface area contributed by atoms with E-state index in [9.17, 15) is 22.0 Å². The van der Waals surface area contributed by atoms with Gasteiger partial charge in [0.2, 0.25) is 15.8 Å². The number of carbonyl (C=O) groups excluding carboxylic acids is 1. The monoisotopic (exact) mass is 444 g/mol. The molecule has 0 saturated heterocycles. The molecule has 0 spiro atoms. The number of sulfonamides is 1. The lowest BCUT2D eigenvalue weighted by Crippen LogP contribution is -2.12. The van der Waals surface area contributed by atoms with Crippen molar-refractivity contribution in [3.63, 3.8) is 0 Å². The summed E-state index contributed by atoms with van der Waals surface area (Å²) in [5, 5.41) is 7.84. The summed E-state index contributed by atoms with van der Waals surface area (Å²) in [5.41, 5.74) is 5.32. The summed E-state index contributed by atoms with van der Waals surface area (Å²) in [6, 6.07) is 6.92. The summed E-state index contributed by atoms with van der Waals surface area (Å²) in [5.74, 6) is -3.19. The SMILES string of the molecule is Nc1nc(Nc2ccc(S(N)(=O)=O)c(Cl)c2)sc1C(=O)c1c(F)cccc1F. The number of hydrogen-bond donors (Lipinski definition) is 3. The van der Waals surface area contributed by atoms with E-state index in [0.29, 0.717) is 5.69 Å². The lowest BCUT2D eigenvalue weighted by Gasteiger charge is -2.06. The molecule has 0 aliphatic heterocycles. The molecule has 0 amide bonds. The quantitative estimate of drug-likeness (QED) is 0.518. The molecule has 0 saturated carbocycles. The van der Waals surface area contributed by atoms with Crippen molar-refractivity contribution in [1.82, 2.24) is 4.98 Å². The molecule has 12 heteroatoms. The third-order valence-corrected chi connectivity index (χ3v) is 5.92. The van der Waals surface area contributed by atoms with Crippen LogP contribution in [0.1, 0.15) is 15.2 Å². The third kappa shape index (κ3) is 3.97. The summed E-state index contributed by atoms with van der Waals surface area (Å²) in [7, 11) is -3.98. The summed E-state index contributed by atoms with van der Waals surface area (Å²) in [6.45, 7) is 0. The minimum atomic E-state index is -3.98. The Morgan fingerprint density at radius 3 is 2.39 bits per heavy atom. The maximum Gasteiger partial charge on any atom is 0.239 e. The lowest BCUT2D eigenvalue weighted by molar-refractivity contribution is 0.103. The number of benzene rings is 2. The molecule has 5 N–H and O–H groups in total. The van der Waals surface area contributed by atoms with Crippen molar-refractivity contribution in [2.24, 2.45) is 5.14 Å². The first kappa shape index (κ1) is 20.1. The van der Waals surface area contributed by atoms with E-state index in [1.807, 2.05) is 0 Å². The highest BCUT2D eigenvalue weighted by atomic mass is 35.5. The van der Waals surface area contributed by atoms with Gasteiger partial charge in [-0.1, -0.05) is 29.0 Å². The first-order valence-corrected chi connectivity index (χ1v) is 10.2. The van der Waals surface area contributed by atoms with Gasteiger partial charge < -0.3 is 11.1 Å². The van der Waals surface area contributed by atoms with Gasteiger partial charge in [-0.05, 0) is 30.3 Å². The van der Waals surface area contributed by atoms with Gasteiger partial charge in [0, 0.05) is 5.69 Å². The Balaban J connectivity index is 1.91. The minimum absolute atomic E-state index is 0.123. The van der Waals surface area contributed by atoms with Crippen LogP contribution in [0, 0.1) is 11.6 Å². The molecule has 146 valence electrons. The molecular formula is C16H11ClF2N4O3S2. The van der Waals surface area contributed by atoms with Gasteiger partial charge in [0.25, 0.3) is 0 Å². The molecule has 0 aliphatic rings. The number of rotatable bonds is 5. The van der Waals surface area contributed by atoms with E-state index >= 15 is 0 Å². The Hall–Kier alpha value is -2.60. The van der Waals surface area contributed by atoms with Gasteiger partial charge in [0.1, 0.15) is 27.2 Å². The predicted octanol–water partition coefficient (Wildman–Crippen LogP) is 3.28. The van der Waals surface area contributed by atoms with E-state index in [-0.39, 0.29) is 25.7 Å². The van der Waals surface area contributed by atoms with Crippen LogP contribution >= 0.6 is 22.9 Å². The zero-order valence-electron chi connectivity index (χ0n) is 13.7. The average Bonchev–Trinajstić information content (AvgIpc) is 2.93. The Labute approximate surface area is 167 Å². The summed E-state index contributed by atoms with van der Waals surface area (Å²) in [6.07, 6.45) is 0. The molecule has 0 atom stereocenters. The standard InChI is InChI=1S/C16H11ClF2N4O3S2/c17-8-6-7(4-5-11(8)28(21,25)26)22-16-23-15(20)14(27-16)13(24)12-9(18)2-1-3-10(12)19/h1-6H,20H2,(H,22,23)(H2,21,25,26). The number of anilines is 3. The third-order valence-electron chi connectivity index (χ3n) is 3.54. The molecule has 3 aromatic rings. The van der Waals surface area contributed by atoms with E-state index in [1.165, 1.54) is 18.2 Å². The molecule has 3 rings (SSSR count). The Morgan fingerprint density at radius 2 is 1.82 bits per heavy atom. The van der Waals surface area contributed by atoms with Gasteiger partial charge in [-0.2, -0.15) is 0 Å². The van der Waals surface area contributed by atoms with E-state index in [4.69, 9.17) is 22.5 Å². The fraction of sp³-hybridized carbons (Fsp3) is 0. The van der Waals surface area contributed by atoms with Crippen molar-refractivity contribution in [2.75, 3.05) is 11.1 Å². The molecule has 0 radical (unpaired) electrons. The van der Waals surface area contributed by atoms with Gasteiger partial charge in [-0.3, -0.25) is 4.79 Å². The van der Waals surface area contributed by atoms with Gasteiger partial charge in [0.15, 0.2) is 5.13 Å². The maximum absolute atomic E-state index is 13.8. The second kappa shape index (κ2) is 7.43. The van der Waals surface area contributed by atoms with E-state index in [1.54, 1.807) is 0 Å². The molecule has 0 fully saturated rings. The highest BCUT2D eigenvalue weighted by Gasteiger charge is 2.24. The number of nitrogens with two attached hydrogens (primary N) is 2. The second-order valence-electron chi connectivity index (χ2n) is 5.47. The van der Waals surface area contributed by atoms with Gasteiger partial charge in [-0.25, -0.2) is 27.3 Å². The van der Waals surface area contributed by atoms with Gasteiger partial charge in [-0.15, -0.1) is 0 Å². The van der Waals surface area contributed by atoms with Crippen LogP contribution in [0.5, 0.6) is 0 Å². The van der Waals surface area contributed by atoms with Crippen molar-refractivity contribution in [3.8, 4) is 0 Å². The number of ketones is 1. The highest BCUT2D eigenvalue weighted by Crippen LogP contribution is 2.32. The smallest absolute Gasteiger partial charge is 0.239 e. The topological polar surface area (TPSA) is 128 Å². The Morgan fingerprint density at radius 1 is 1.18 bits per heavy atom. The van der Waals surface area contributed by atoms with Crippen LogP contribution in [0.15, 0.2) is 41.3 Å². The van der Waals surface area contributed by atoms with Crippen LogP contribution in [-0.2, 0) is 10.0 Å². The van der Waals surface area contributed by atoms with Crippen molar-refractivity contribution < 1.29 is 22.0 Å². The van der Waals surface area contributed by atoms with Crippen LogP contribution in [0.2, 0.25) is 5.02 Å². The van der Waals surface area contributed by atoms with Crippen molar-refractivity contribution in [3.05, 3.63) is 63.5 Å². The van der Waals surface area contributed by atoms with Crippen LogP contribution in [0.4, 0.5) is 25.4 Å². The van der Waals surface area contributed by atoms with E-state index in [0.717, 1.165) is 29.5 Å². The van der Waals surface area contributed by atoms with Crippen LogP contribution in [0.25, 0.3) is 0 Å². The fourth-order valence-electron chi connectivity index (χ4n) is 2.31. The zero-order chi connectivity index (χ0) is 20.6. The largest absolute Gasteiger partial charge is 0.382 e. The molecule has 0 aliphatic carbocycles. The molecule has 1 aromatic heterocycles. The van der Waals surface area contributed by atoms with E-state index in [2.05, 4.69) is 10.3 Å². The van der Waals surface area contributed by atoms with Gasteiger partial charge in [0.05, 0.1) is 10.6 Å². The predicted molar refractivity (Wildman–Crippen MR) is 102 cm³/mol. The molecule has 0 unspecified atom stereocenters. The average molecular weight is 445 g/mol. The number of nitrogens with zero attached hydrogens (tertiary/aromatic N) is 1. The van der Waals surface area contributed by atoms with Crippen molar-refractivity contribution >= 4 is 55.4 Å². The van der Waals surface area contributed by atoms with Crippen molar-refractivity contribution in [1.29, 1.82) is 0 Å². The first-order valence-electron chi connectivity index (χ1n) is 7.42. The van der Waals surface area contributed by atoms with Gasteiger partial charge >= 0.3 is 0 Å². The molecule has 1 heterocycles. The first-order chi connectivity index (χ1) is 13.1. The number of nitrogen functional groups attached to an aromatic ring is 1. The zero-order valence-corrected chi connectivity index (χ0v) is 16.1. The van der Waals surface area contributed by atoms with Crippen LogP contribution < -0.4 is 16.2 Å². The highest BCUT2D eigenvalue weighted by molar-refractivity contribution is 7.89. The Bertz CT molecular complexity index is 1180. The molecule has 2 aromatic carbocycles. The number of halogens is 3. The normalized spacial score (nSPS) is 11.4. The molecule has 7 nitrogen and oxygen atoms in total. The number of primary sulfonamides is 1. The lowest BCUT2D eigenvalue weighted by atomic mass is 10.1. The second-order valence-corrected chi connectivity index (χ2v) is 8.41. The molecule has 28 heavy (non-hydrogen) atoms. The minimum Gasteiger partial charge on any atom is -0.382 e.